The molecule has 0 aromatic heterocycles. The Balaban J connectivity index is 2.80. The zero-order valence-electron chi connectivity index (χ0n) is 19.7. The Morgan fingerprint density at radius 3 is 1.86 bits per heavy atom. The van der Waals surface area contributed by atoms with Gasteiger partial charge in [-0.3, -0.25) is 4.90 Å². The molecule has 1 N–H and O–H groups in total. The second-order valence-electron chi connectivity index (χ2n) is 9.94. The SMILES string of the molecule is COc1ccc(C(c2cc(C(C)(C)C)cc(C(C)(C)C)c2O)N(C)C)cc1OC. The molecule has 29 heavy (non-hydrogen) atoms. The van der Waals surface area contributed by atoms with Gasteiger partial charge in [-0.1, -0.05) is 53.7 Å². The van der Waals surface area contributed by atoms with E-state index in [0.29, 0.717) is 17.2 Å². The van der Waals surface area contributed by atoms with Crippen LogP contribution in [0.2, 0.25) is 0 Å². The molecule has 4 nitrogen and oxygen atoms in total. The van der Waals surface area contributed by atoms with E-state index in [2.05, 4.69) is 58.6 Å². The second kappa shape index (κ2) is 8.27. The second-order valence-corrected chi connectivity index (χ2v) is 9.94. The number of phenols is 1. The van der Waals surface area contributed by atoms with Crippen LogP contribution in [0.4, 0.5) is 0 Å². The van der Waals surface area contributed by atoms with E-state index < -0.39 is 0 Å². The maximum Gasteiger partial charge on any atom is 0.161 e. The number of aromatic hydroxyl groups is 1. The minimum absolute atomic E-state index is 0.0308. The third-order valence-corrected chi connectivity index (χ3v) is 5.35. The quantitative estimate of drug-likeness (QED) is 0.705. The van der Waals surface area contributed by atoms with Crippen molar-refractivity contribution in [3.05, 3.63) is 52.6 Å². The third-order valence-electron chi connectivity index (χ3n) is 5.35. The fourth-order valence-electron chi connectivity index (χ4n) is 3.65. The number of methoxy groups -OCH3 is 2. The lowest BCUT2D eigenvalue weighted by Gasteiger charge is -2.32. The molecule has 4 heteroatoms. The van der Waals surface area contributed by atoms with Gasteiger partial charge in [-0.15, -0.1) is 0 Å². The molecule has 0 aliphatic heterocycles. The van der Waals surface area contributed by atoms with E-state index in [4.69, 9.17) is 9.47 Å². The molecule has 0 aliphatic rings. The molecular formula is C25H37NO3. The minimum atomic E-state index is -0.172. The average molecular weight is 400 g/mol. The van der Waals surface area contributed by atoms with Crippen LogP contribution < -0.4 is 9.47 Å². The molecule has 0 heterocycles. The number of hydrogen-bond acceptors (Lipinski definition) is 4. The van der Waals surface area contributed by atoms with E-state index in [9.17, 15) is 5.11 Å². The fourth-order valence-corrected chi connectivity index (χ4v) is 3.65. The summed E-state index contributed by atoms with van der Waals surface area (Å²) in [7, 11) is 7.33. The Morgan fingerprint density at radius 2 is 1.41 bits per heavy atom. The molecule has 0 saturated heterocycles. The van der Waals surface area contributed by atoms with Gasteiger partial charge in [-0.2, -0.15) is 0 Å². The summed E-state index contributed by atoms with van der Waals surface area (Å²) in [6.07, 6.45) is 0. The van der Waals surface area contributed by atoms with Crippen molar-refractivity contribution < 1.29 is 14.6 Å². The number of phenolic OH excluding ortho intramolecular Hbond substituents is 1. The van der Waals surface area contributed by atoms with Gasteiger partial charge in [0.05, 0.1) is 20.3 Å². The van der Waals surface area contributed by atoms with Crippen LogP contribution in [0.15, 0.2) is 30.3 Å². The lowest BCUT2D eigenvalue weighted by Crippen LogP contribution is -2.24. The molecule has 2 aromatic rings. The van der Waals surface area contributed by atoms with Gasteiger partial charge < -0.3 is 14.6 Å². The summed E-state index contributed by atoms with van der Waals surface area (Å²) < 4.78 is 10.9. The highest BCUT2D eigenvalue weighted by molar-refractivity contribution is 5.54. The third kappa shape index (κ3) is 4.87. The summed E-state index contributed by atoms with van der Waals surface area (Å²) in [5.41, 5.74) is 3.91. The number of nitrogens with zero attached hydrogens (tertiary/aromatic N) is 1. The van der Waals surface area contributed by atoms with E-state index in [1.54, 1.807) is 14.2 Å². The standard InChI is InChI=1S/C25H37NO3/c1-24(2,3)17-14-18(23(27)19(15-17)25(4,5)6)22(26(7)8)16-11-12-20(28-9)21(13-16)29-10/h11-15,22,27H,1-10H3. The van der Waals surface area contributed by atoms with Gasteiger partial charge in [-0.25, -0.2) is 0 Å². The van der Waals surface area contributed by atoms with Gasteiger partial charge in [0, 0.05) is 5.56 Å². The maximum atomic E-state index is 11.3. The monoisotopic (exact) mass is 399 g/mol. The molecule has 0 bridgehead atoms. The highest BCUT2D eigenvalue weighted by Gasteiger charge is 2.29. The van der Waals surface area contributed by atoms with Crippen LogP contribution >= 0.6 is 0 Å². The molecule has 1 atom stereocenters. The van der Waals surface area contributed by atoms with Crippen LogP contribution in [0.5, 0.6) is 17.2 Å². The summed E-state index contributed by atoms with van der Waals surface area (Å²) in [5.74, 6) is 1.73. The van der Waals surface area contributed by atoms with Crippen LogP contribution in [0, 0.1) is 0 Å². The Labute approximate surface area is 176 Å². The Morgan fingerprint density at radius 1 is 0.828 bits per heavy atom. The van der Waals surface area contributed by atoms with E-state index in [0.717, 1.165) is 16.7 Å². The van der Waals surface area contributed by atoms with Gasteiger partial charge in [0.25, 0.3) is 0 Å². The molecule has 0 radical (unpaired) electrons. The van der Waals surface area contributed by atoms with Crippen molar-refractivity contribution in [2.24, 2.45) is 0 Å². The molecular weight excluding hydrogens is 362 g/mol. The van der Waals surface area contributed by atoms with Gasteiger partial charge in [0.2, 0.25) is 0 Å². The highest BCUT2D eigenvalue weighted by atomic mass is 16.5. The molecule has 0 spiro atoms. The lowest BCUT2D eigenvalue weighted by molar-refractivity contribution is 0.324. The first-order chi connectivity index (χ1) is 13.3. The van der Waals surface area contributed by atoms with Crippen LogP contribution in [0.25, 0.3) is 0 Å². The first-order valence-electron chi connectivity index (χ1n) is 10.1. The average Bonchev–Trinajstić information content (AvgIpc) is 2.60. The van der Waals surface area contributed by atoms with Gasteiger partial charge in [0.1, 0.15) is 5.75 Å². The van der Waals surface area contributed by atoms with Crippen LogP contribution in [-0.2, 0) is 10.8 Å². The normalized spacial score (nSPS) is 13.5. The summed E-state index contributed by atoms with van der Waals surface area (Å²) in [6, 6.07) is 10.1. The Kier molecular flexibility index (Phi) is 6.58. The van der Waals surface area contributed by atoms with E-state index in [1.165, 1.54) is 5.56 Å². The molecule has 2 aromatic carbocycles. The minimum Gasteiger partial charge on any atom is -0.507 e. The summed E-state index contributed by atoms with van der Waals surface area (Å²) >= 11 is 0. The van der Waals surface area contributed by atoms with Crippen molar-refractivity contribution in [1.29, 1.82) is 0 Å². The first kappa shape index (κ1) is 23.1. The topological polar surface area (TPSA) is 41.9 Å². The summed E-state index contributed by atoms with van der Waals surface area (Å²) in [6.45, 7) is 13.0. The zero-order chi connectivity index (χ0) is 22.1. The Hall–Kier alpha value is -2.20. The molecule has 0 aliphatic carbocycles. The van der Waals surface area contributed by atoms with Gasteiger partial charge in [0.15, 0.2) is 11.5 Å². The first-order valence-corrected chi connectivity index (χ1v) is 10.1. The number of hydrogen-bond donors (Lipinski definition) is 1. The predicted octanol–water partition coefficient (Wildman–Crippen LogP) is 5.66. The van der Waals surface area contributed by atoms with Crippen LogP contribution in [0.1, 0.15) is 69.8 Å². The molecule has 0 fully saturated rings. The Bertz CT molecular complexity index is 858. The molecule has 0 amide bonds. The van der Waals surface area contributed by atoms with Gasteiger partial charge in [-0.05, 0) is 59.8 Å². The van der Waals surface area contributed by atoms with Crippen LogP contribution in [0.3, 0.4) is 0 Å². The molecule has 160 valence electrons. The van der Waals surface area contributed by atoms with Crippen molar-refractivity contribution in [2.45, 2.75) is 58.4 Å². The lowest BCUT2D eigenvalue weighted by atomic mass is 9.77. The fraction of sp³-hybridized carbons (Fsp3) is 0.520. The van der Waals surface area contributed by atoms with Crippen LogP contribution in [-0.4, -0.2) is 38.3 Å². The van der Waals surface area contributed by atoms with Crippen molar-refractivity contribution in [3.8, 4) is 17.2 Å². The van der Waals surface area contributed by atoms with Crippen molar-refractivity contribution >= 4 is 0 Å². The molecule has 0 saturated carbocycles. The molecule has 2 rings (SSSR count). The number of rotatable bonds is 5. The maximum absolute atomic E-state index is 11.3. The molecule has 1 unspecified atom stereocenters. The van der Waals surface area contributed by atoms with Crippen molar-refractivity contribution in [1.82, 2.24) is 4.90 Å². The highest BCUT2D eigenvalue weighted by Crippen LogP contribution is 2.43. The van der Waals surface area contributed by atoms with E-state index in [1.807, 2.05) is 32.3 Å². The smallest absolute Gasteiger partial charge is 0.161 e. The van der Waals surface area contributed by atoms with E-state index >= 15 is 0 Å². The number of benzene rings is 2. The van der Waals surface area contributed by atoms with Crippen molar-refractivity contribution in [2.75, 3.05) is 28.3 Å². The predicted molar refractivity (Wildman–Crippen MR) is 121 cm³/mol. The zero-order valence-corrected chi connectivity index (χ0v) is 19.7. The van der Waals surface area contributed by atoms with E-state index in [-0.39, 0.29) is 16.9 Å². The number of ether oxygens (including phenoxy) is 2. The van der Waals surface area contributed by atoms with Gasteiger partial charge >= 0.3 is 0 Å². The summed E-state index contributed by atoms with van der Waals surface area (Å²) in [4.78, 5) is 2.12. The van der Waals surface area contributed by atoms with Crippen molar-refractivity contribution in [3.63, 3.8) is 0 Å². The largest absolute Gasteiger partial charge is 0.507 e. The summed E-state index contributed by atoms with van der Waals surface area (Å²) in [5, 5.41) is 11.3.